The van der Waals surface area contributed by atoms with Crippen molar-refractivity contribution in [2.24, 2.45) is 5.73 Å². The second-order valence-corrected chi connectivity index (χ2v) is 4.35. The Hall–Kier alpha value is -1.95. The van der Waals surface area contributed by atoms with Gasteiger partial charge in [0.15, 0.2) is 0 Å². The minimum atomic E-state index is -0.477. The van der Waals surface area contributed by atoms with Crippen molar-refractivity contribution in [3.8, 4) is 0 Å². The summed E-state index contributed by atoms with van der Waals surface area (Å²) in [6.45, 7) is 0.671. The van der Waals surface area contributed by atoms with E-state index in [2.05, 4.69) is 15.3 Å². The number of nitrogens with zero attached hydrogens (tertiary/aromatic N) is 2. The lowest BCUT2D eigenvalue weighted by atomic mass is 10.2. The Labute approximate surface area is 103 Å². The summed E-state index contributed by atoms with van der Waals surface area (Å²) >= 11 is 1.61. The van der Waals surface area contributed by atoms with Crippen LogP contribution in [0, 0.1) is 0 Å². The van der Waals surface area contributed by atoms with E-state index < -0.39 is 5.91 Å². The SMILES string of the molecule is NC(=O)c1cccnc1NCCc1nccs1. The highest BCUT2D eigenvalue weighted by Crippen LogP contribution is 2.11. The van der Waals surface area contributed by atoms with Crippen LogP contribution >= 0.6 is 11.3 Å². The monoisotopic (exact) mass is 248 g/mol. The topological polar surface area (TPSA) is 80.9 Å². The normalized spacial score (nSPS) is 10.1. The maximum atomic E-state index is 11.1. The van der Waals surface area contributed by atoms with Crippen LogP contribution in [0.4, 0.5) is 5.82 Å². The fourth-order valence-electron chi connectivity index (χ4n) is 1.41. The molecule has 2 heterocycles. The molecule has 0 radical (unpaired) electrons. The van der Waals surface area contributed by atoms with Crippen molar-refractivity contribution in [1.29, 1.82) is 0 Å². The molecule has 17 heavy (non-hydrogen) atoms. The summed E-state index contributed by atoms with van der Waals surface area (Å²) in [7, 11) is 0. The molecule has 0 spiro atoms. The van der Waals surface area contributed by atoms with Crippen molar-refractivity contribution in [1.82, 2.24) is 9.97 Å². The number of carbonyl (C=O) groups is 1. The summed E-state index contributed by atoms with van der Waals surface area (Å²) in [6.07, 6.45) is 4.19. The smallest absolute Gasteiger partial charge is 0.252 e. The number of pyridine rings is 1. The molecule has 1 amide bonds. The Morgan fingerprint density at radius 1 is 1.41 bits per heavy atom. The van der Waals surface area contributed by atoms with E-state index in [4.69, 9.17) is 5.73 Å². The van der Waals surface area contributed by atoms with Gasteiger partial charge in [-0.3, -0.25) is 4.79 Å². The van der Waals surface area contributed by atoms with Gasteiger partial charge in [0.05, 0.1) is 10.6 Å². The minimum Gasteiger partial charge on any atom is -0.369 e. The lowest BCUT2D eigenvalue weighted by Crippen LogP contribution is -2.16. The number of rotatable bonds is 5. The molecule has 6 heteroatoms. The van der Waals surface area contributed by atoms with Gasteiger partial charge in [-0.1, -0.05) is 0 Å². The Morgan fingerprint density at radius 2 is 2.29 bits per heavy atom. The fourth-order valence-corrected chi connectivity index (χ4v) is 2.03. The lowest BCUT2D eigenvalue weighted by Gasteiger charge is -2.07. The molecule has 2 aromatic heterocycles. The molecule has 2 rings (SSSR count). The van der Waals surface area contributed by atoms with Gasteiger partial charge in [0.1, 0.15) is 5.82 Å². The molecule has 0 aliphatic heterocycles. The number of carbonyl (C=O) groups excluding carboxylic acids is 1. The zero-order valence-electron chi connectivity index (χ0n) is 9.09. The van der Waals surface area contributed by atoms with Gasteiger partial charge in [-0.2, -0.15) is 0 Å². The number of nitrogens with one attached hydrogen (secondary N) is 1. The zero-order valence-corrected chi connectivity index (χ0v) is 9.91. The van der Waals surface area contributed by atoms with Gasteiger partial charge in [0.25, 0.3) is 5.91 Å². The summed E-state index contributed by atoms with van der Waals surface area (Å²) in [5.74, 6) is 0.0476. The molecule has 0 aliphatic carbocycles. The number of nitrogens with two attached hydrogens (primary N) is 1. The molecule has 5 nitrogen and oxygen atoms in total. The molecule has 88 valence electrons. The van der Waals surface area contributed by atoms with Crippen LogP contribution in [-0.4, -0.2) is 22.4 Å². The van der Waals surface area contributed by atoms with Crippen LogP contribution in [0.2, 0.25) is 0 Å². The molecule has 2 aromatic rings. The van der Waals surface area contributed by atoms with E-state index in [1.54, 1.807) is 35.9 Å². The van der Waals surface area contributed by atoms with Gasteiger partial charge in [0.2, 0.25) is 0 Å². The molecule has 0 atom stereocenters. The van der Waals surface area contributed by atoms with Gasteiger partial charge >= 0.3 is 0 Å². The summed E-state index contributed by atoms with van der Waals surface area (Å²) in [5.41, 5.74) is 5.66. The fraction of sp³-hybridized carbons (Fsp3) is 0.182. The van der Waals surface area contributed by atoms with E-state index >= 15 is 0 Å². The molecule has 0 aromatic carbocycles. The minimum absolute atomic E-state index is 0.409. The number of hydrogen-bond donors (Lipinski definition) is 2. The molecule has 0 bridgehead atoms. The molecular weight excluding hydrogens is 236 g/mol. The quantitative estimate of drug-likeness (QED) is 0.835. The third-order valence-corrected chi connectivity index (χ3v) is 3.03. The summed E-state index contributed by atoms with van der Waals surface area (Å²) in [5, 5.41) is 6.07. The van der Waals surface area contributed by atoms with Crippen molar-refractivity contribution in [2.45, 2.75) is 6.42 Å². The van der Waals surface area contributed by atoms with Gasteiger partial charge in [-0.25, -0.2) is 9.97 Å². The Kier molecular flexibility index (Phi) is 3.66. The van der Waals surface area contributed by atoms with E-state index in [-0.39, 0.29) is 0 Å². The van der Waals surface area contributed by atoms with Crippen molar-refractivity contribution >= 4 is 23.1 Å². The highest BCUT2D eigenvalue weighted by molar-refractivity contribution is 7.09. The number of hydrogen-bond acceptors (Lipinski definition) is 5. The standard InChI is InChI=1S/C11H12N4OS/c12-10(16)8-2-1-4-14-11(8)15-5-3-9-13-6-7-17-9/h1-2,4,6-7H,3,5H2,(H2,12,16)(H,14,15). The maximum absolute atomic E-state index is 11.1. The van der Waals surface area contributed by atoms with Crippen molar-refractivity contribution in [3.05, 3.63) is 40.5 Å². The van der Waals surface area contributed by atoms with E-state index in [1.807, 2.05) is 5.38 Å². The average Bonchev–Trinajstić information content (AvgIpc) is 2.82. The first kappa shape index (κ1) is 11.5. The summed E-state index contributed by atoms with van der Waals surface area (Å²) < 4.78 is 0. The first-order valence-electron chi connectivity index (χ1n) is 5.14. The highest BCUT2D eigenvalue weighted by Gasteiger charge is 2.07. The first-order chi connectivity index (χ1) is 8.27. The van der Waals surface area contributed by atoms with Crippen molar-refractivity contribution in [2.75, 3.05) is 11.9 Å². The number of aromatic nitrogens is 2. The summed E-state index contributed by atoms with van der Waals surface area (Å²) in [6, 6.07) is 3.34. The van der Waals surface area contributed by atoms with Gasteiger partial charge in [-0.05, 0) is 12.1 Å². The van der Waals surface area contributed by atoms with E-state index in [0.717, 1.165) is 11.4 Å². The maximum Gasteiger partial charge on any atom is 0.252 e. The number of primary amides is 1. The van der Waals surface area contributed by atoms with Crippen LogP contribution in [0.15, 0.2) is 29.9 Å². The molecule has 0 unspecified atom stereocenters. The lowest BCUT2D eigenvalue weighted by molar-refractivity contribution is 0.100. The third kappa shape index (κ3) is 3.01. The van der Waals surface area contributed by atoms with E-state index in [9.17, 15) is 4.79 Å². The number of thiazole rings is 1. The number of anilines is 1. The van der Waals surface area contributed by atoms with Crippen LogP contribution in [0.1, 0.15) is 15.4 Å². The van der Waals surface area contributed by atoms with Crippen LogP contribution in [0.3, 0.4) is 0 Å². The van der Waals surface area contributed by atoms with E-state index in [1.165, 1.54) is 0 Å². The van der Waals surface area contributed by atoms with Crippen molar-refractivity contribution < 1.29 is 4.79 Å². The zero-order chi connectivity index (χ0) is 12.1. The van der Waals surface area contributed by atoms with Crippen LogP contribution in [0.5, 0.6) is 0 Å². The second kappa shape index (κ2) is 5.40. The molecule has 3 N–H and O–H groups in total. The predicted octanol–water partition coefficient (Wildman–Crippen LogP) is 1.29. The average molecular weight is 248 g/mol. The first-order valence-corrected chi connectivity index (χ1v) is 6.02. The van der Waals surface area contributed by atoms with Crippen LogP contribution in [-0.2, 0) is 6.42 Å². The van der Waals surface area contributed by atoms with Crippen LogP contribution < -0.4 is 11.1 Å². The van der Waals surface area contributed by atoms with Gasteiger partial charge in [0, 0.05) is 30.7 Å². The largest absolute Gasteiger partial charge is 0.369 e. The Balaban J connectivity index is 1.97. The highest BCUT2D eigenvalue weighted by atomic mass is 32.1. The third-order valence-electron chi connectivity index (χ3n) is 2.19. The van der Waals surface area contributed by atoms with Gasteiger partial charge < -0.3 is 11.1 Å². The molecule has 0 aliphatic rings. The Bertz CT molecular complexity index is 498. The molecule has 0 fully saturated rings. The number of amides is 1. The second-order valence-electron chi connectivity index (χ2n) is 3.37. The predicted molar refractivity (Wildman–Crippen MR) is 67.1 cm³/mol. The molecule has 0 saturated heterocycles. The van der Waals surface area contributed by atoms with Crippen LogP contribution in [0.25, 0.3) is 0 Å². The summed E-state index contributed by atoms with van der Waals surface area (Å²) in [4.78, 5) is 19.4. The van der Waals surface area contributed by atoms with Gasteiger partial charge in [-0.15, -0.1) is 11.3 Å². The van der Waals surface area contributed by atoms with Crippen molar-refractivity contribution in [3.63, 3.8) is 0 Å². The molecular formula is C11H12N4OS. The van der Waals surface area contributed by atoms with E-state index in [0.29, 0.717) is 17.9 Å². The Morgan fingerprint density at radius 3 is 3.00 bits per heavy atom. The molecule has 0 saturated carbocycles.